The van der Waals surface area contributed by atoms with E-state index in [2.05, 4.69) is 82.2 Å². The van der Waals surface area contributed by atoms with Crippen LogP contribution < -0.4 is 5.32 Å². The molecule has 0 aromatic heterocycles. The highest BCUT2D eigenvalue weighted by Gasteiger charge is 2.22. The Morgan fingerprint density at radius 2 is 1.76 bits per heavy atom. The van der Waals surface area contributed by atoms with Crippen LogP contribution in [0.25, 0.3) is 0 Å². The average Bonchev–Trinajstić information content (AvgIpc) is 2.46. The zero-order chi connectivity index (χ0) is 15.9. The van der Waals surface area contributed by atoms with E-state index in [-0.39, 0.29) is 5.41 Å². The smallest absolute Gasteiger partial charge is 0.0107 e. The summed E-state index contributed by atoms with van der Waals surface area (Å²) in [5.41, 5.74) is 1.64. The van der Waals surface area contributed by atoms with E-state index < -0.39 is 0 Å². The highest BCUT2D eigenvalue weighted by Crippen LogP contribution is 2.27. The summed E-state index contributed by atoms with van der Waals surface area (Å²) in [6, 6.07) is 12.0. The van der Waals surface area contributed by atoms with Crippen LogP contribution in [0.5, 0.6) is 0 Å². The molecule has 0 fully saturated rings. The molecule has 1 N–H and O–H groups in total. The quantitative estimate of drug-likeness (QED) is 0.738. The second-order valence-corrected chi connectivity index (χ2v) is 7.05. The van der Waals surface area contributed by atoms with E-state index in [4.69, 9.17) is 0 Å². The fourth-order valence-electron chi connectivity index (χ4n) is 2.86. The predicted octanol–water partition coefficient (Wildman–Crippen LogP) is 4.06. The molecule has 2 atom stereocenters. The van der Waals surface area contributed by atoms with Crippen molar-refractivity contribution in [2.24, 2.45) is 0 Å². The van der Waals surface area contributed by atoms with E-state index >= 15 is 0 Å². The number of nitrogens with one attached hydrogen (secondary N) is 1. The summed E-state index contributed by atoms with van der Waals surface area (Å²) in [5.74, 6) is 0. The number of likely N-dealkylation sites (N-methyl/N-ethyl adjacent to an activating group) is 1. The van der Waals surface area contributed by atoms with Crippen LogP contribution >= 0.6 is 0 Å². The lowest BCUT2D eigenvalue weighted by molar-refractivity contribution is 0.246. The first kappa shape index (κ1) is 18.2. The van der Waals surface area contributed by atoms with Gasteiger partial charge < -0.3 is 10.2 Å². The predicted molar refractivity (Wildman–Crippen MR) is 93.9 cm³/mol. The van der Waals surface area contributed by atoms with Gasteiger partial charge in [-0.2, -0.15) is 0 Å². The second kappa shape index (κ2) is 8.55. The molecular weight excluding hydrogens is 256 g/mol. The summed E-state index contributed by atoms with van der Waals surface area (Å²) in [6.07, 6.45) is 2.37. The lowest BCUT2D eigenvalue weighted by Crippen LogP contribution is -2.39. The van der Waals surface area contributed by atoms with Gasteiger partial charge in [0.15, 0.2) is 0 Å². The fourth-order valence-corrected chi connectivity index (χ4v) is 2.86. The van der Waals surface area contributed by atoms with Gasteiger partial charge in [0.1, 0.15) is 0 Å². The molecule has 0 saturated carbocycles. The van der Waals surface area contributed by atoms with Gasteiger partial charge in [0.25, 0.3) is 0 Å². The molecule has 21 heavy (non-hydrogen) atoms. The van der Waals surface area contributed by atoms with Gasteiger partial charge in [0.05, 0.1) is 0 Å². The molecule has 0 heterocycles. The van der Waals surface area contributed by atoms with Gasteiger partial charge in [0.2, 0.25) is 0 Å². The van der Waals surface area contributed by atoms with E-state index in [9.17, 15) is 0 Å². The normalized spacial score (nSPS) is 15.2. The molecule has 0 bridgehead atoms. The Kier molecular flexibility index (Phi) is 7.41. The summed E-state index contributed by atoms with van der Waals surface area (Å²) in [7, 11) is 2.22. The number of rotatable bonds is 9. The molecule has 1 aromatic carbocycles. The lowest BCUT2D eigenvalue weighted by atomic mass is 9.79. The van der Waals surface area contributed by atoms with Crippen molar-refractivity contribution in [1.29, 1.82) is 0 Å². The number of hydrogen-bond donors (Lipinski definition) is 1. The zero-order valence-electron chi connectivity index (χ0n) is 14.8. The SMILES string of the molecule is CCC(C)N(C)CCNC(C)CC(C)(C)c1ccccc1. The van der Waals surface area contributed by atoms with Crippen molar-refractivity contribution in [3.05, 3.63) is 35.9 Å². The molecule has 120 valence electrons. The molecule has 1 rings (SSSR count). The number of benzene rings is 1. The summed E-state index contributed by atoms with van der Waals surface area (Å²) in [4.78, 5) is 2.43. The van der Waals surface area contributed by atoms with E-state index in [1.807, 2.05) is 0 Å². The third-order valence-corrected chi connectivity index (χ3v) is 4.67. The Labute approximate surface area is 131 Å². The Morgan fingerprint density at radius 3 is 2.33 bits per heavy atom. The van der Waals surface area contributed by atoms with E-state index in [1.165, 1.54) is 12.0 Å². The molecule has 0 aliphatic carbocycles. The van der Waals surface area contributed by atoms with Crippen LogP contribution in [-0.4, -0.2) is 37.1 Å². The zero-order valence-corrected chi connectivity index (χ0v) is 14.8. The molecule has 0 amide bonds. The van der Waals surface area contributed by atoms with Crippen LogP contribution in [0.3, 0.4) is 0 Å². The van der Waals surface area contributed by atoms with E-state index in [1.54, 1.807) is 0 Å². The molecule has 0 spiro atoms. The Balaban J connectivity index is 2.38. The molecule has 2 unspecified atom stereocenters. The Bertz CT molecular complexity index is 386. The Hall–Kier alpha value is -0.860. The number of nitrogens with zero attached hydrogens (tertiary/aromatic N) is 1. The van der Waals surface area contributed by atoms with Crippen LogP contribution in [0.4, 0.5) is 0 Å². The minimum Gasteiger partial charge on any atom is -0.313 e. The molecule has 0 aliphatic heterocycles. The van der Waals surface area contributed by atoms with Gasteiger partial charge in [-0.05, 0) is 44.7 Å². The summed E-state index contributed by atoms with van der Waals surface area (Å²) in [6.45, 7) is 13.7. The van der Waals surface area contributed by atoms with Crippen molar-refractivity contribution in [2.45, 2.75) is 65.0 Å². The van der Waals surface area contributed by atoms with Crippen molar-refractivity contribution < 1.29 is 0 Å². The first-order valence-corrected chi connectivity index (χ1v) is 8.36. The van der Waals surface area contributed by atoms with Crippen LogP contribution in [0, 0.1) is 0 Å². The molecule has 2 heteroatoms. The van der Waals surface area contributed by atoms with Crippen molar-refractivity contribution in [3.63, 3.8) is 0 Å². The van der Waals surface area contributed by atoms with Crippen LogP contribution in [0.15, 0.2) is 30.3 Å². The van der Waals surface area contributed by atoms with Crippen LogP contribution in [0.2, 0.25) is 0 Å². The summed E-state index contributed by atoms with van der Waals surface area (Å²) in [5, 5.41) is 3.68. The van der Waals surface area contributed by atoms with Gasteiger partial charge >= 0.3 is 0 Å². The largest absolute Gasteiger partial charge is 0.313 e. The highest BCUT2D eigenvalue weighted by atomic mass is 15.1. The molecule has 2 nitrogen and oxygen atoms in total. The summed E-state index contributed by atoms with van der Waals surface area (Å²) < 4.78 is 0. The summed E-state index contributed by atoms with van der Waals surface area (Å²) >= 11 is 0. The van der Waals surface area contributed by atoms with Gasteiger partial charge in [0, 0.05) is 25.2 Å². The molecule has 0 saturated heterocycles. The van der Waals surface area contributed by atoms with Gasteiger partial charge in [-0.1, -0.05) is 51.1 Å². The molecule has 1 aromatic rings. The third-order valence-electron chi connectivity index (χ3n) is 4.67. The third kappa shape index (κ3) is 6.19. The van der Waals surface area contributed by atoms with Crippen molar-refractivity contribution in [3.8, 4) is 0 Å². The number of hydrogen-bond acceptors (Lipinski definition) is 2. The first-order chi connectivity index (χ1) is 9.86. The van der Waals surface area contributed by atoms with Crippen molar-refractivity contribution in [1.82, 2.24) is 10.2 Å². The fraction of sp³-hybridized carbons (Fsp3) is 0.684. The van der Waals surface area contributed by atoms with Crippen molar-refractivity contribution in [2.75, 3.05) is 20.1 Å². The van der Waals surface area contributed by atoms with Crippen LogP contribution in [0.1, 0.15) is 53.0 Å². The minimum atomic E-state index is 0.219. The maximum Gasteiger partial charge on any atom is 0.0107 e. The molecule has 0 radical (unpaired) electrons. The second-order valence-electron chi connectivity index (χ2n) is 7.05. The van der Waals surface area contributed by atoms with Crippen molar-refractivity contribution >= 4 is 0 Å². The van der Waals surface area contributed by atoms with E-state index in [0.29, 0.717) is 12.1 Å². The van der Waals surface area contributed by atoms with Gasteiger partial charge in [-0.3, -0.25) is 0 Å². The Morgan fingerprint density at radius 1 is 1.14 bits per heavy atom. The molecule has 0 aliphatic rings. The minimum absolute atomic E-state index is 0.219. The van der Waals surface area contributed by atoms with Gasteiger partial charge in [-0.15, -0.1) is 0 Å². The standard InChI is InChI=1S/C19H34N2/c1-7-17(3)21(6)14-13-20-16(2)15-19(4,5)18-11-9-8-10-12-18/h8-12,16-17,20H,7,13-15H2,1-6H3. The monoisotopic (exact) mass is 290 g/mol. The molecular formula is C19H34N2. The highest BCUT2D eigenvalue weighted by molar-refractivity contribution is 5.23. The first-order valence-electron chi connectivity index (χ1n) is 8.36. The maximum absolute atomic E-state index is 3.68. The van der Waals surface area contributed by atoms with E-state index in [0.717, 1.165) is 19.5 Å². The van der Waals surface area contributed by atoms with Gasteiger partial charge in [-0.25, -0.2) is 0 Å². The lowest BCUT2D eigenvalue weighted by Gasteiger charge is -2.30. The topological polar surface area (TPSA) is 15.3 Å². The maximum atomic E-state index is 3.68. The van der Waals surface area contributed by atoms with Crippen LogP contribution in [-0.2, 0) is 5.41 Å². The average molecular weight is 290 g/mol.